The highest BCUT2D eigenvalue weighted by Crippen LogP contribution is 2.14. The molecular weight excluding hydrogens is 388 g/mol. The van der Waals surface area contributed by atoms with Gasteiger partial charge in [-0.05, 0) is 35.9 Å². The van der Waals surface area contributed by atoms with Crippen molar-refractivity contribution in [3.05, 3.63) is 83.1 Å². The standard InChI is InChI=1S/C22H23ClN4O2/c23-19-8-6-18(7-9-19)16-25-12-14-26(15-13-25)22(28)21-10-11-27(24-21)17-29-20-4-2-1-3-5-20/h1-11H,12-17H2. The molecule has 6 nitrogen and oxygen atoms in total. The molecule has 1 amide bonds. The maximum atomic E-state index is 12.8. The molecule has 1 aliphatic rings. The molecular formula is C22H23ClN4O2. The summed E-state index contributed by atoms with van der Waals surface area (Å²) in [5, 5.41) is 5.12. The van der Waals surface area contributed by atoms with Gasteiger partial charge < -0.3 is 9.64 Å². The van der Waals surface area contributed by atoms with E-state index in [1.165, 1.54) is 5.56 Å². The van der Waals surface area contributed by atoms with E-state index in [1.807, 2.05) is 59.5 Å². The van der Waals surface area contributed by atoms with Crippen LogP contribution in [0, 0.1) is 0 Å². The normalized spacial score (nSPS) is 14.7. The van der Waals surface area contributed by atoms with Crippen molar-refractivity contribution >= 4 is 17.5 Å². The van der Waals surface area contributed by atoms with Crippen molar-refractivity contribution in [1.29, 1.82) is 0 Å². The van der Waals surface area contributed by atoms with Crippen molar-refractivity contribution in [3.8, 4) is 5.75 Å². The highest BCUT2D eigenvalue weighted by Gasteiger charge is 2.23. The zero-order chi connectivity index (χ0) is 20.1. The van der Waals surface area contributed by atoms with Crippen molar-refractivity contribution in [2.45, 2.75) is 13.3 Å². The molecule has 1 aliphatic heterocycles. The number of hydrogen-bond donors (Lipinski definition) is 0. The van der Waals surface area contributed by atoms with Gasteiger partial charge in [-0.3, -0.25) is 9.69 Å². The number of para-hydroxylation sites is 1. The van der Waals surface area contributed by atoms with Crippen molar-refractivity contribution in [1.82, 2.24) is 19.6 Å². The van der Waals surface area contributed by atoms with Crippen molar-refractivity contribution in [2.75, 3.05) is 26.2 Å². The largest absolute Gasteiger partial charge is 0.471 e. The van der Waals surface area contributed by atoms with Crippen LogP contribution in [0.3, 0.4) is 0 Å². The van der Waals surface area contributed by atoms with Crippen molar-refractivity contribution in [3.63, 3.8) is 0 Å². The molecule has 2 aromatic carbocycles. The molecule has 0 spiro atoms. The summed E-state index contributed by atoms with van der Waals surface area (Å²) in [6, 6.07) is 19.2. The molecule has 0 bridgehead atoms. The molecule has 0 radical (unpaired) electrons. The molecule has 1 fully saturated rings. The van der Waals surface area contributed by atoms with E-state index in [2.05, 4.69) is 10.00 Å². The van der Waals surface area contributed by atoms with Crippen molar-refractivity contribution in [2.24, 2.45) is 0 Å². The van der Waals surface area contributed by atoms with Gasteiger partial charge in [-0.25, -0.2) is 4.68 Å². The van der Waals surface area contributed by atoms with Crippen LogP contribution in [-0.4, -0.2) is 51.7 Å². The minimum Gasteiger partial charge on any atom is -0.471 e. The molecule has 0 aliphatic carbocycles. The van der Waals surface area contributed by atoms with E-state index < -0.39 is 0 Å². The predicted molar refractivity (Wildman–Crippen MR) is 112 cm³/mol. The van der Waals surface area contributed by atoms with E-state index in [0.29, 0.717) is 18.8 Å². The number of ether oxygens (including phenoxy) is 1. The number of aromatic nitrogens is 2. The molecule has 3 aromatic rings. The lowest BCUT2D eigenvalue weighted by atomic mass is 10.2. The number of carbonyl (C=O) groups is 1. The quantitative estimate of drug-likeness (QED) is 0.623. The third-order valence-electron chi connectivity index (χ3n) is 4.95. The minimum absolute atomic E-state index is 0.0328. The average molecular weight is 411 g/mol. The van der Waals surface area contributed by atoms with Crippen LogP contribution in [0.4, 0.5) is 0 Å². The van der Waals surface area contributed by atoms with Gasteiger partial charge in [-0.1, -0.05) is 41.9 Å². The molecule has 0 saturated carbocycles. The van der Waals surface area contributed by atoms with Gasteiger partial charge in [0.05, 0.1) is 0 Å². The van der Waals surface area contributed by atoms with E-state index in [-0.39, 0.29) is 12.6 Å². The zero-order valence-corrected chi connectivity index (χ0v) is 16.8. The van der Waals surface area contributed by atoms with E-state index in [1.54, 1.807) is 16.9 Å². The molecule has 29 heavy (non-hydrogen) atoms. The SMILES string of the molecule is O=C(c1ccn(COc2ccccc2)n1)N1CCN(Cc2ccc(Cl)cc2)CC1. The zero-order valence-electron chi connectivity index (χ0n) is 16.1. The molecule has 7 heteroatoms. The maximum Gasteiger partial charge on any atom is 0.274 e. The number of piperazine rings is 1. The van der Waals surface area contributed by atoms with Gasteiger partial charge in [0, 0.05) is 43.9 Å². The first-order valence-electron chi connectivity index (χ1n) is 9.65. The Kier molecular flexibility index (Phi) is 6.12. The lowest BCUT2D eigenvalue weighted by Crippen LogP contribution is -2.48. The van der Waals surface area contributed by atoms with Gasteiger partial charge in [-0.2, -0.15) is 5.10 Å². The third kappa shape index (κ3) is 5.16. The molecule has 2 heterocycles. The highest BCUT2D eigenvalue weighted by molar-refractivity contribution is 6.30. The first-order chi connectivity index (χ1) is 14.2. The first kappa shape index (κ1) is 19.5. The number of amides is 1. The number of benzene rings is 2. The van der Waals surface area contributed by atoms with Gasteiger partial charge in [-0.15, -0.1) is 0 Å². The van der Waals surface area contributed by atoms with Gasteiger partial charge in [0.15, 0.2) is 12.4 Å². The Morgan fingerprint density at radius 2 is 1.69 bits per heavy atom. The second-order valence-electron chi connectivity index (χ2n) is 7.02. The van der Waals surface area contributed by atoms with Gasteiger partial charge in [0.25, 0.3) is 5.91 Å². The van der Waals surface area contributed by atoms with E-state index in [4.69, 9.17) is 16.3 Å². The number of nitrogens with zero attached hydrogens (tertiary/aromatic N) is 4. The van der Waals surface area contributed by atoms with Gasteiger partial charge >= 0.3 is 0 Å². The Morgan fingerprint density at radius 3 is 2.41 bits per heavy atom. The van der Waals surface area contributed by atoms with Crippen LogP contribution >= 0.6 is 11.6 Å². The van der Waals surface area contributed by atoms with Gasteiger partial charge in [0.2, 0.25) is 0 Å². The second kappa shape index (κ2) is 9.11. The number of halogens is 1. The molecule has 4 rings (SSSR count). The maximum absolute atomic E-state index is 12.8. The van der Waals surface area contributed by atoms with E-state index in [0.717, 1.165) is 30.4 Å². The molecule has 0 atom stereocenters. The van der Waals surface area contributed by atoms with E-state index >= 15 is 0 Å². The van der Waals surface area contributed by atoms with Crippen molar-refractivity contribution < 1.29 is 9.53 Å². The predicted octanol–water partition coefficient (Wildman–Crippen LogP) is 3.53. The summed E-state index contributed by atoms with van der Waals surface area (Å²) in [6.45, 7) is 4.20. The third-order valence-corrected chi connectivity index (χ3v) is 5.20. The summed E-state index contributed by atoms with van der Waals surface area (Å²) in [6.07, 6.45) is 1.77. The van der Waals surface area contributed by atoms with Crippen LogP contribution in [-0.2, 0) is 13.3 Å². The molecule has 150 valence electrons. The van der Waals surface area contributed by atoms with Crippen LogP contribution in [0.5, 0.6) is 5.75 Å². The Hall–Kier alpha value is -2.83. The lowest BCUT2D eigenvalue weighted by molar-refractivity contribution is 0.0621. The fourth-order valence-electron chi connectivity index (χ4n) is 3.32. The fourth-order valence-corrected chi connectivity index (χ4v) is 3.45. The average Bonchev–Trinajstić information content (AvgIpc) is 3.24. The summed E-state index contributed by atoms with van der Waals surface area (Å²) < 4.78 is 7.31. The highest BCUT2D eigenvalue weighted by atomic mass is 35.5. The fraction of sp³-hybridized carbons (Fsp3) is 0.273. The van der Waals surface area contributed by atoms with Crippen LogP contribution in [0.25, 0.3) is 0 Å². The number of hydrogen-bond acceptors (Lipinski definition) is 4. The monoisotopic (exact) mass is 410 g/mol. The summed E-state index contributed by atoms with van der Waals surface area (Å²) in [7, 11) is 0. The van der Waals surface area contributed by atoms with E-state index in [9.17, 15) is 4.79 Å². The lowest BCUT2D eigenvalue weighted by Gasteiger charge is -2.34. The number of rotatable bonds is 6. The summed E-state index contributed by atoms with van der Waals surface area (Å²) in [4.78, 5) is 17.0. The number of carbonyl (C=O) groups excluding carboxylic acids is 1. The summed E-state index contributed by atoms with van der Waals surface area (Å²) in [5.74, 6) is 0.738. The topological polar surface area (TPSA) is 50.6 Å². The smallest absolute Gasteiger partial charge is 0.274 e. The Balaban J connectivity index is 1.27. The van der Waals surface area contributed by atoms with Gasteiger partial charge in [0.1, 0.15) is 5.75 Å². The van der Waals surface area contributed by atoms with Crippen LogP contribution in [0.1, 0.15) is 16.1 Å². The Morgan fingerprint density at radius 1 is 0.966 bits per heavy atom. The Labute approximate surface area is 175 Å². The molecule has 0 unspecified atom stereocenters. The molecule has 0 N–H and O–H groups in total. The second-order valence-corrected chi connectivity index (χ2v) is 7.46. The minimum atomic E-state index is -0.0328. The van der Waals surface area contributed by atoms with Crippen LogP contribution in [0.2, 0.25) is 5.02 Å². The first-order valence-corrected chi connectivity index (χ1v) is 10.0. The Bertz CT molecular complexity index is 935. The summed E-state index contributed by atoms with van der Waals surface area (Å²) in [5.41, 5.74) is 1.68. The van der Waals surface area contributed by atoms with Crippen LogP contribution in [0.15, 0.2) is 66.9 Å². The molecule has 1 aromatic heterocycles. The molecule has 1 saturated heterocycles. The summed E-state index contributed by atoms with van der Waals surface area (Å²) >= 11 is 5.95. The van der Waals surface area contributed by atoms with Crippen LogP contribution < -0.4 is 4.74 Å².